The molecule has 0 radical (unpaired) electrons. The van der Waals surface area contributed by atoms with Gasteiger partial charge in [0.25, 0.3) is 0 Å². The lowest BCUT2D eigenvalue weighted by molar-refractivity contribution is 0.388. The minimum absolute atomic E-state index is 0.132. The molecule has 0 saturated heterocycles. The Morgan fingerprint density at radius 3 is 2.86 bits per heavy atom. The Balaban J connectivity index is 2.93. The summed E-state index contributed by atoms with van der Waals surface area (Å²) in [6.07, 6.45) is 0. The number of fused-ring (bicyclic) bond motifs is 1. The monoisotopic (exact) mass is 196 g/mol. The molecule has 1 aromatic heterocycles. The van der Waals surface area contributed by atoms with Crippen LogP contribution in [0.25, 0.3) is 11.0 Å². The molecule has 14 heavy (non-hydrogen) atoms. The number of nitrogens with one attached hydrogen (secondary N) is 1. The number of aromatic nitrogens is 2. The lowest BCUT2D eigenvalue weighted by atomic mass is 10.3. The summed E-state index contributed by atoms with van der Waals surface area (Å²) in [6, 6.07) is 3.09. The third-order valence-corrected chi connectivity index (χ3v) is 2.18. The minimum atomic E-state index is -0.522. The second kappa shape index (κ2) is 2.87. The van der Waals surface area contributed by atoms with Gasteiger partial charge in [-0.1, -0.05) is 0 Å². The smallest absolute Gasteiger partial charge is 0.326 e. The number of aromatic amines is 1. The molecular weight excluding hydrogens is 187 g/mol. The van der Waals surface area contributed by atoms with E-state index >= 15 is 0 Å². The SMILES string of the molecule is COc1ccc2[nH]c(=O)n(C)c2c1F. The van der Waals surface area contributed by atoms with Gasteiger partial charge >= 0.3 is 5.69 Å². The highest BCUT2D eigenvalue weighted by molar-refractivity contribution is 5.77. The lowest BCUT2D eigenvalue weighted by Crippen LogP contribution is -2.12. The number of hydrogen-bond donors (Lipinski definition) is 1. The summed E-state index contributed by atoms with van der Waals surface area (Å²) in [6.45, 7) is 0. The third-order valence-electron chi connectivity index (χ3n) is 2.18. The van der Waals surface area contributed by atoms with Gasteiger partial charge in [0.1, 0.15) is 5.52 Å². The molecule has 0 aliphatic carbocycles. The zero-order valence-electron chi connectivity index (χ0n) is 7.80. The van der Waals surface area contributed by atoms with Crippen LogP contribution in [-0.4, -0.2) is 16.7 Å². The number of ether oxygens (including phenoxy) is 1. The number of H-pyrrole nitrogens is 1. The molecule has 0 bridgehead atoms. The molecule has 0 saturated carbocycles. The number of nitrogens with zero attached hydrogens (tertiary/aromatic N) is 1. The third kappa shape index (κ3) is 1.02. The van der Waals surface area contributed by atoms with Crippen LogP contribution in [0.15, 0.2) is 16.9 Å². The van der Waals surface area contributed by atoms with E-state index in [1.807, 2.05) is 0 Å². The molecule has 0 fully saturated rings. The zero-order chi connectivity index (χ0) is 10.3. The highest BCUT2D eigenvalue weighted by atomic mass is 19.1. The first-order valence-electron chi connectivity index (χ1n) is 4.06. The fourth-order valence-corrected chi connectivity index (χ4v) is 1.43. The molecule has 5 heteroatoms. The maximum absolute atomic E-state index is 13.6. The quantitative estimate of drug-likeness (QED) is 0.740. The van der Waals surface area contributed by atoms with Crippen molar-refractivity contribution in [2.75, 3.05) is 7.11 Å². The molecule has 2 aromatic rings. The van der Waals surface area contributed by atoms with Gasteiger partial charge in [-0.25, -0.2) is 9.18 Å². The number of benzene rings is 1. The fraction of sp³-hybridized carbons (Fsp3) is 0.222. The Morgan fingerprint density at radius 1 is 1.50 bits per heavy atom. The van der Waals surface area contributed by atoms with E-state index in [0.717, 1.165) is 0 Å². The summed E-state index contributed by atoms with van der Waals surface area (Å²) >= 11 is 0. The maximum Gasteiger partial charge on any atom is 0.326 e. The van der Waals surface area contributed by atoms with Crippen molar-refractivity contribution in [3.8, 4) is 5.75 Å². The number of aryl methyl sites for hydroxylation is 1. The Morgan fingerprint density at radius 2 is 2.21 bits per heavy atom. The van der Waals surface area contributed by atoms with E-state index in [2.05, 4.69) is 4.98 Å². The van der Waals surface area contributed by atoms with Crippen LogP contribution in [0.1, 0.15) is 0 Å². The van der Waals surface area contributed by atoms with Gasteiger partial charge in [0.05, 0.1) is 12.6 Å². The molecule has 0 aliphatic heterocycles. The molecular formula is C9H9FN2O2. The van der Waals surface area contributed by atoms with Crippen LogP contribution >= 0.6 is 0 Å². The number of hydrogen-bond acceptors (Lipinski definition) is 2. The van der Waals surface area contributed by atoms with Crippen molar-refractivity contribution in [3.05, 3.63) is 28.4 Å². The predicted octanol–water partition coefficient (Wildman–Crippen LogP) is 1.01. The van der Waals surface area contributed by atoms with E-state index in [9.17, 15) is 9.18 Å². The van der Waals surface area contributed by atoms with Crippen LogP contribution in [0, 0.1) is 5.82 Å². The number of imidazole rings is 1. The van der Waals surface area contributed by atoms with E-state index in [1.54, 1.807) is 6.07 Å². The zero-order valence-corrected chi connectivity index (χ0v) is 7.80. The van der Waals surface area contributed by atoms with Gasteiger partial charge in [-0.2, -0.15) is 0 Å². The number of rotatable bonds is 1. The summed E-state index contributed by atoms with van der Waals surface area (Å²) in [4.78, 5) is 13.7. The van der Waals surface area contributed by atoms with Crippen molar-refractivity contribution >= 4 is 11.0 Å². The highest BCUT2D eigenvalue weighted by Gasteiger charge is 2.12. The highest BCUT2D eigenvalue weighted by Crippen LogP contribution is 2.23. The van der Waals surface area contributed by atoms with Crippen molar-refractivity contribution in [1.29, 1.82) is 0 Å². The molecule has 0 aliphatic rings. The normalized spacial score (nSPS) is 10.8. The van der Waals surface area contributed by atoms with Crippen LogP contribution < -0.4 is 10.4 Å². The molecule has 1 aromatic carbocycles. The van der Waals surface area contributed by atoms with Gasteiger partial charge in [-0.3, -0.25) is 4.57 Å². The standard InChI is InChI=1S/C9H9FN2O2/c1-12-8-5(11-9(12)13)3-4-6(14-2)7(8)10/h3-4H,1-2H3,(H,11,13). The first kappa shape index (κ1) is 8.80. The van der Waals surface area contributed by atoms with Crippen LogP contribution in [0.2, 0.25) is 0 Å². The lowest BCUT2D eigenvalue weighted by Gasteiger charge is -2.02. The van der Waals surface area contributed by atoms with Crippen molar-refractivity contribution in [2.45, 2.75) is 0 Å². The van der Waals surface area contributed by atoms with Crippen molar-refractivity contribution in [1.82, 2.24) is 9.55 Å². The molecule has 74 valence electrons. The summed E-state index contributed by atoms with van der Waals surface area (Å²) in [7, 11) is 2.89. The summed E-state index contributed by atoms with van der Waals surface area (Å²) in [5.74, 6) is -0.391. The topological polar surface area (TPSA) is 47.0 Å². The van der Waals surface area contributed by atoms with Crippen LogP contribution in [0.5, 0.6) is 5.75 Å². The fourth-order valence-electron chi connectivity index (χ4n) is 1.43. The van der Waals surface area contributed by atoms with E-state index in [0.29, 0.717) is 5.52 Å². The van der Waals surface area contributed by atoms with Crippen molar-refractivity contribution < 1.29 is 9.13 Å². The van der Waals surface area contributed by atoms with Crippen LogP contribution in [0.4, 0.5) is 4.39 Å². The minimum Gasteiger partial charge on any atom is -0.494 e. The van der Waals surface area contributed by atoms with Gasteiger partial charge in [0.2, 0.25) is 0 Å². The average Bonchev–Trinajstić information content (AvgIpc) is 2.44. The van der Waals surface area contributed by atoms with Crippen molar-refractivity contribution in [2.24, 2.45) is 7.05 Å². The van der Waals surface area contributed by atoms with E-state index in [-0.39, 0.29) is 17.0 Å². The van der Waals surface area contributed by atoms with E-state index < -0.39 is 5.82 Å². The Labute approximate surface area is 78.9 Å². The van der Waals surface area contributed by atoms with Crippen molar-refractivity contribution in [3.63, 3.8) is 0 Å². The predicted molar refractivity (Wildman–Crippen MR) is 50.0 cm³/mol. The summed E-state index contributed by atoms with van der Waals surface area (Å²) in [5, 5.41) is 0. The van der Waals surface area contributed by atoms with Gasteiger partial charge in [-0.05, 0) is 12.1 Å². The second-order valence-electron chi connectivity index (χ2n) is 2.97. The largest absolute Gasteiger partial charge is 0.494 e. The molecule has 4 nitrogen and oxygen atoms in total. The molecule has 0 atom stereocenters. The first-order chi connectivity index (χ1) is 6.65. The maximum atomic E-state index is 13.6. The van der Waals surface area contributed by atoms with Gasteiger partial charge in [0.15, 0.2) is 11.6 Å². The average molecular weight is 196 g/mol. The molecule has 0 amide bonds. The van der Waals surface area contributed by atoms with Gasteiger partial charge in [0, 0.05) is 7.05 Å². The molecule has 2 rings (SSSR count). The molecule has 1 heterocycles. The second-order valence-corrected chi connectivity index (χ2v) is 2.97. The van der Waals surface area contributed by atoms with Gasteiger partial charge < -0.3 is 9.72 Å². The Hall–Kier alpha value is -1.78. The summed E-state index contributed by atoms with van der Waals surface area (Å²) < 4.78 is 19.7. The van der Waals surface area contributed by atoms with Gasteiger partial charge in [-0.15, -0.1) is 0 Å². The number of methoxy groups -OCH3 is 1. The molecule has 0 spiro atoms. The van der Waals surface area contributed by atoms with Crippen LogP contribution in [0.3, 0.4) is 0 Å². The number of halogens is 1. The Kier molecular flexibility index (Phi) is 1.80. The summed E-state index contributed by atoms with van der Waals surface area (Å²) in [5.41, 5.74) is 0.359. The first-order valence-corrected chi connectivity index (χ1v) is 4.06. The molecule has 0 unspecified atom stereocenters. The van der Waals surface area contributed by atoms with E-state index in [4.69, 9.17) is 4.74 Å². The Bertz CT molecular complexity index is 541. The molecule has 1 N–H and O–H groups in total. The van der Waals surface area contributed by atoms with Crippen LogP contribution in [-0.2, 0) is 7.05 Å². The van der Waals surface area contributed by atoms with E-state index in [1.165, 1.54) is 24.8 Å².